The number of hydrogen-bond donors (Lipinski definition) is 1. The third-order valence-electron chi connectivity index (χ3n) is 6.26. The van der Waals surface area contributed by atoms with Crippen LogP contribution >= 0.6 is 0 Å². The molecule has 7 nitrogen and oxygen atoms in total. The molecule has 8 heteroatoms. The maximum atomic E-state index is 14.7. The summed E-state index contributed by atoms with van der Waals surface area (Å²) in [5.41, 5.74) is 8.48. The van der Waals surface area contributed by atoms with Crippen molar-refractivity contribution in [2.24, 2.45) is 11.7 Å². The van der Waals surface area contributed by atoms with Gasteiger partial charge in [-0.1, -0.05) is 25.9 Å². The molecule has 2 aromatic heterocycles. The standard InChI is InChI=1S/C19H21FN4O.C5H11NO.C2H6/c1-4-13-9-14-11(2)16(19-21-12(3)23-25-19)18(24-7-5-6-8-24)22-17(14)15(20)10-13;6-3-5-1-2-7-4-5;1-2/h9-10H,4-8H2,1-3H3;5H,1-4,6H2;1-2H3. The van der Waals surface area contributed by atoms with Gasteiger partial charge in [0.25, 0.3) is 5.89 Å². The van der Waals surface area contributed by atoms with Crippen molar-refractivity contribution in [3.63, 3.8) is 0 Å². The minimum Gasteiger partial charge on any atom is -0.381 e. The Hall–Kier alpha value is -2.58. The van der Waals surface area contributed by atoms with Crippen molar-refractivity contribution < 1.29 is 13.7 Å². The van der Waals surface area contributed by atoms with Gasteiger partial charge in [-0.3, -0.25) is 0 Å². The van der Waals surface area contributed by atoms with Gasteiger partial charge in [0.15, 0.2) is 5.82 Å². The number of pyridine rings is 1. The third-order valence-corrected chi connectivity index (χ3v) is 6.26. The van der Waals surface area contributed by atoms with Crippen LogP contribution in [0.5, 0.6) is 0 Å². The second-order valence-corrected chi connectivity index (χ2v) is 8.57. The predicted molar refractivity (Wildman–Crippen MR) is 135 cm³/mol. The first-order valence-corrected chi connectivity index (χ1v) is 12.5. The molecule has 0 spiro atoms. The van der Waals surface area contributed by atoms with Crippen LogP contribution in [0.4, 0.5) is 10.2 Å². The Morgan fingerprint density at radius 2 is 1.88 bits per heavy atom. The Balaban J connectivity index is 0.000000306. The van der Waals surface area contributed by atoms with Crippen molar-refractivity contribution in [1.82, 2.24) is 15.1 Å². The SMILES string of the molecule is CC.CCc1cc(F)c2nc(N3CCCC3)c(-c3nc(C)no3)c(C)c2c1.NCC1CCOC1. The Labute approximate surface area is 201 Å². The maximum absolute atomic E-state index is 14.7. The number of aromatic nitrogens is 3. The minimum atomic E-state index is -0.272. The van der Waals surface area contributed by atoms with Crippen LogP contribution in [0, 0.1) is 25.6 Å². The van der Waals surface area contributed by atoms with Gasteiger partial charge < -0.3 is 19.9 Å². The smallest absolute Gasteiger partial charge is 0.261 e. The molecule has 186 valence electrons. The summed E-state index contributed by atoms with van der Waals surface area (Å²) in [6.07, 6.45) is 4.16. The lowest BCUT2D eigenvalue weighted by molar-refractivity contribution is 0.187. The number of rotatable bonds is 4. The van der Waals surface area contributed by atoms with E-state index in [4.69, 9.17) is 20.0 Å². The summed E-state index contributed by atoms with van der Waals surface area (Å²) in [5.74, 6) is 2.16. The lowest BCUT2D eigenvalue weighted by atomic mass is 10.00. The molecule has 34 heavy (non-hydrogen) atoms. The van der Waals surface area contributed by atoms with Crippen molar-refractivity contribution in [3.8, 4) is 11.5 Å². The van der Waals surface area contributed by atoms with E-state index in [1.54, 1.807) is 13.0 Å². The van der Waals surface area contributed by atoms with Crippen molar-refractivity contribution >= 4 is 16.7 Å². The third kappa shape index (κ3) is 5.73. The summed E-state index contributed by atoms with van der Waals surface area (Å²) in [6.45, 7) is 14.2. The van der Waals surface area contributed by atoms with Gasteiger partial charge in [-0.15, -0.1) is 0 Å². The van der Waals surface area contributed by atoms with Gasteiger partial charge in [0.2, 0.25) is 0 Å². The molecule has 2 aliphatic rings. The predicted octanol–water partition coefficient (Wildman–Crippen LogP) is 5.21. The molecule has 1 atom stereocenters. The van der Waals surface area contributed by atoms with E-state index >= 15 is 0 Å². The largest absolute Gasteiger partial charge is 0.381 e. The molecule has 0 bridgehead atoms. The highest BCUT2D eigenvalue weighted by atomic mass is 19.1. The molecule has 2 N–H and O–H groups in total. The number of nitrogens with two attached hydrogens (primary N) is 1. The lowest BCUT2D eigenvalue weighted by Crippen LogP contribution is -2.20. The van der Waals surface area contributed by atoms with E-state index in [-0.39, 0.29) is 5.82 Å². The highest BCUT2D eigenvalue weighted by Crippen LogP contribution is 2.38. The molecule has 1 aromatic carbocycles. The van der Waals surface area contributed by atoms with E-state index in [1.807, 2.05) is 33.8 Å². The molecule has 1 unspecified atom stereocenters. The zero-order chi connectivity index (χ0) is 24.7. The fraction of sp³-hybridized carbons (Fsp3) is 0.577. The molecule has 2 saturated heterocycles. The summed E-state index contributed by atoms with van der Waals surface area (Å²) < 4.78 is 25.2. The summed E-state index contributed by atoms with van der Waals surface area (Å²) in [6, 6.07) is 3.60. The Morgan fingerprint density at radius 3 is 2.41 bits per heavy atom. The first-order valence-electron chi connectivity index (χ1n) is 12.5. The van der Waals surface area contributed by atoms with Crippen LogP contribution in [0.2, 0.25) is 0 Å². The monoisotopic (exact) mass is 471 g/mol. The van der Waals surface area contributed by atoms with Gasteiger partial charge >= 0.3 is 0 Å². The number of anilines is 1. The van der Waals surface area contributed by atoms with E-state index < -0.39 is 0 Å². The van der Waals surface area contributed by atoms with E-state index in [0.717, 1.165) is 86.4 Å². The summed E-state index contributed by atoms with van der Waals surface area (Å²) in [4.78, 5) is 11.3. The van der Waals surface area contributed by atoms with Crippen LogP contribution in [-0.4, -0.2) is 48.0 Å². The second kappa shape index (κ2) is 12.2. The van der Waals surface area contributed by atoms with Crippen molar-refractivity contribution in [3.05, 3.63) is 34.9 Å². The van der Waals surface area contributed by atoms with E-state index in [2.05, 4.69) is 15.0 Å². The van der Waals surface area contributed by atoms with Crippen LogP contribution < -0.4 is 10.6 Å². The number of nitrogens with zero attached hydrogens (tertiary/aromatic N) is 4. The maximum Gasteiger partial charge on any atom is 0.261 e. The normalized spacial score (nSPS) is 17.4. The fourth-order valence-electron chi connectivity index (χ4n) is 4.30. The molecule has 5 rings (SSSR count). The Kier molecular flexibility index (Phi) is 9.36. The lowest BCUT2D eigenvalue weighted by Gasteiger charge is -2.21. The number of hydrogen-bond acceptors (Lipinski definition) is 7. The Bertz CT molecular complexity index is 1070. The molecule has 0 aliphatic carbocycles. The summed E-state index contributed by atoms with van der Waals surface area (Å²) in [7, 11) is 0. The molecular formula is C26H38FN5O2. The molecular weight excluding hydrogens is 433 g/mol. The Morgan fingerprint density at radius 1 is 1.15 bits per heavy atom. The topological polar surface area (TPSA) is 90.3 Å². The van der Waals surface area contributed by atoms with Crippen LogP contribution in [0.3, 0.4) is 0 Å². The van der Waals surface area contributed by atoms with Gasteiger partial charge in [0.05, 0.1) is 12.2 Å². The molecule has 0 radical (unpaired) electrons. The molecule has 0 saturated carbocycles. The average molecular weight is 472 g/mol. The second-order valence-electron chi connectivity index (χ2n) is 8.57. The highest BCUT2D eigenvalue weighted by Gasteiger charge is 2.26. The van der Waals surface area contributed by atoms with Crippen LogP contribution in [-0.2, 0) is 11.2 Å². The minimum absolute atomic E-state index is 0.272. The summed E-state index contributed by atoms with van der Waals surface area (Å²) >= 11 is 0. The fourth-order valence-corrected chi connectivity index (χ4v) is 4.30. The number of fused-ring (bicyclic) bond motifs is 1. The van der Waals surface area contributed by atoms with Crippen molar-refractivity contribution in [2.75, 3.05) is 37.7 Å². The van der Waals surface area contributed by atoms with Crippen LogP contribution in [0.15, 0.2) is 16.7 Å². The molecule has 3 aromatic rings. The van der Waals surface area contributed by atoms with Gasteiger partial charge in [0, 0.05) is 25.1 Å². The zero-order valence-electron chi connectivity index (χ0n) is 21.2. The number of benzene rings is 1. The van der Waals surface area contributed by atoms with E-state index in [1.165, 1.54) is 0 Å². The molecule has 2 aliphatic heterocycles. The first-order chi connectivity index (χ1) is 16.5. The quantitative estimate of drug-likeness (QED) is 0.558. The van der Waals surface area contributed by atoms with Gasteiger partial charge in [-0.2, -0.15) is 4.98 Å². The van der Waals surface area contributed by atoms with Crippen molar-refractivity contribution in [1.29, 1.82) is 0 Å². The van der Waals surface area contributed by atoms with Crippen LogP contribution in [0.1, 0.15) is 57.0 Å². The van der Waals surface area contributed by atoms with Crippen molar-refractivity contribution in [2.45, 2.75) is 60.3 Å². The average Bonchev–Trinajstić information content (AvgIpc) is 3.64. The summed E-state index contributed by atoms with van der Waals surface area (Å²) in [5, 5.41) is 4.74. The number of halogens is 1. The van der Waals surface area contributed by atoms with Gasteiger partial charge in [0.1, 0.15) is 17.2 Å². The van der Waals surface area contributed by atoms with Crippen LogP contribution in [0.25, 0.3) is 22.4 Å². The zero-order valence-corrected chi connectivity index (χ0v) is 21.2. The molecule has 4 heterocycles. The van der Waals surface area contributed by atoms with E-state index in [9.17, 15) is 4.39 Å². The number of aryl methyl sites for hydroxylation is 3. The molecule has 2 fully saturated rings. The first kappa shape index (κ1) is 26.0. The van der Waals surface area contributed by atoms with Gasteiger partial charge in [-0.25, -0.2) is 9.37 Å². The van der Waals surface area contributed by atoms with E-state index in [0.29, 0.717) is 23.1 Å². The number of ether oxygens (including phenoxy) is 1. The highest BCUT2D eigenvalue weighted by molar-refractivity contribution is 5.93. The van der Waals surface area contributed by atoms with Gasteiger partial charge in [-0.05, 0) is 75.3 Å². The molecule has 0 amide bonds.